The minimum absolute atomic E-state index is 0.0618. The van der Waals surface area contributed by atoms with Crippen LogP contribution < -0.4 is 14.9 Å². The van der Waals surface area contributed by atoms with Crippen LogP contribution in [-0.4, -0.2) is 28.9 Å². The number of hydrogen-bond donors (Lipinski definition) is 1. The fourth-order valence-electron chi connectivity index (χ4n) is 3.72. The zero-order chi connectivity index (χ0) is 16.0. The molecule has 23 heavy (non-hydrogen) atoms. The summed E-state index contributed by atoms with van der Waals surface area (Å²) in [5.74, 6) is -0.844. The molecule has 4 rings (SSSR count). The molecule has 0 bridgehead atoms. The molecule has 0 radical (unpaired) electrons. The Bertz CT molecular complexity index is 710. The second-order valence-electron chi connectivity index (χ2n) is 6.03. The molecule has 0 aliphatic carbocycles. The monoisotopic (exact) mass is 332 g/mol. The average Bonchev–Trinajstić information content (AvgIpc) is 3.11. The van der Waals surface area contributed by atoms with Crippen LogP contribution in [0.25, 0.3) is 0 Å². The first-order valence-electron chi connectivity index (χ1n) is 7.80. The molecule has 2 atom stereocenters. The quantitative estimate of drug-likeness (QED) is 0.857. The lowest BCUT2D eigenvalue weighted by Gasteiger charge is -2.39. The number of aromatic hydroxyl groups is 1. The number of benzene rings is 2. The maximum atomic E-state index is 14.5. The number of phenolic OH excluding ortho intramolecular Hbond substituents is 1. The summed E-state index contributed by atoms with van der Waals surface area (Å²) >= 11 is 0. The van der Waals surface area contributed by atoms with Crippen molar-refractivity contribution in [3.8, 4) is 5.75 Å². The van der Waals surface area contributed by atoms with Gasteiger partial charge < -0.3 is 10.00 Å². The van der Waals surface area contributed by atoms with Crippen molar-refractivity contribution in [1.29, 1.82) is 0 Å². The van der Waals surface area contributed by atoms with Gasteiger partial charge in [0, 0.05) is 6.54 Å². The van der Waals surface area contributed by atoms with Crippen molar-refractivity contribution in [1.82, 2.24) is 4.67 Å². The van der Waals surface area contributed by atoms with E-state index in [1.165, 1.54) is 18.2 Å². The van der Waals surface area contributed by atoms with Crippen molar-refractivity contribution in [3.63, 3.8) is 0 Å². The summed E-state index contributed by atoms with van der Waals surface area (Å²) in [6.45, 7) is 1.26. The lowest BCUT2D eigenvalue weighted by molar-refractivity contribution is -0.176. The molecule has 2 saturated heterocycles. The first-order valence-corrected chi connectivity index (χ1v) is 9.42. The zero-order valence-electron chi connectivity index (χ0n) is 12.6. The molecule has 2 aromatic carbocycles. The predicted octanol–water partition coefficient (Wildman–Crippen LogP) is 2.26. The second kappa shape index (κ2) is 5.45. The lowest BCUT2D eigenvalue weighted by atomic mass is 10.2. The lowest BCUT2D eigenvalue weighted by Crippen LogP contribution is -2.42. The van der Waals surface area contributed by atoms with Gasteiger partial charge in [0.25, 0.3) is 0 Å². The van der Waals surface area contributed by atoms with Gasteiger partial charge in [-0.25, -0.2) is 9.06 Å². The first kappa shape index (κ1) is 14.9. The standard InChI is InChI=1S/C17H18FN2O2P/c18-15-9-4-10-16(21)17(15)23(22)19-11-5-8-14(19)12-20(23)13-6-2-1-3-7-13/h1-4,6-7,9-10,14,21H,5,8,11-12H2/t14-,23?/m0/s1. The van der Waals surface area contributed by atoms with E-state index in [0.717, 1.165) is 18.5 Å². The Morgan fingerprint density at radius 1 is 1.13 bits per heavy atom. The van der Waals surface area contributed by atoms with Gasteiger partial charge in [0.1, 0.15) is 0 Å². The van der Waals surface area contributed by atoms with E-state index in [1.54, 1.807) is 4.67 Å². The first-order chi connectivity index (χ1) is 11.1. The average molecular weight is 332 g/mol. The van der Waals surface area contributed by atoms with Crippen LogP contribution in [0.2, 0.25) is 0 Å². The van der Waals surface area contributed by atoms with Gasteiger partial charge in [-0.3, -0.25) is 0 Å². The second-order valence-corrected chi connectivity index (χ2v) is 8.56. The summed E-state index contributed by atoms with van der Waals surface area (Å²) < 4.78 is 18.2. The Labute approximate surface area is 135 Å². The van der Waals surface area contributed by atoms with Crippen molar-refractivity contribution in [2.75, 3.05) is 17.8 Å². The Morgan fingerprint density at radius 2 is 1.91 bits per heavy atom. The number of hydrogen-bond acceptors (Lipinski definition) is 4. The number of phenols is 1. The van der Waals surface area contributed by atoms with Crippen LogP contribution in [-0.2, 0) is 0 Å². The molecule has 0 amide bonds. The van der Waals surface area contributed by atoms with E-state index in [1.807, 2.05) is 35.0 Å². The van der Waals surface area contributed by atoms with Gasteiger partial charge in [-0.05, 0) is 37.1 Å². The zero-order valence-corrected chi connectivity index (χ0v) is 13.5. The van der Waals surface area contributed by atoms with E-state index in [0.29, 0.717) is 13.1 Å². The fraction of sp³-hybridized carbons (Fsp3) is 0.294. The fourth-order valence-corrected chi connectivity index (χ4v) is 7.12. The van der Waals surface area contributed by atoms with E-state index < -0.39 is 13.6 Å². The van der Waals surface area contributed by atoms with Crippen LogP contribution in [0.5, 0.6) is 5.75 Å². The highest BCUT2D eigenvalue weighted by Gasteiger charge is 2.58. The maximum absolute atomic E-state index is 14.5. The minimum atomic E-state index is -3.39. The van der Waals surface area contributed by atoms with Crippen LogP contribution in [0.15, 0.2) is 48.5 Å². The molecule has 2 aliphatic rings. The van der Waals surface area contributed by atoms with Crippen LogP contribution in [0.1, 0.15) is 12.8 Å². The molecule has 120 valence electrons. The molecular weight excluding hydrogens is 314 g/mol. The van der Waals surface area contributed by atoms with Crippen LogP contribution in [0, 0.1) is 5.82 Å². The third kappa shape index (κ3) is 2.15. The molecule has 2 fully saturated rings. The molecule has 0 aromatic heterocycles. The van der Waals surface area contributed by atoms with Crippen LogP contribution >= 0.6 is 7.79 Å². The van der Waals surface area contributed by atoms with Gasteiger partial charge in [0.15, 0.2) is 19.4 Å². The smallest absolute Gasteiger partial charge is 0.206 e. The normalized spacial score (nSPS) is 27.4. The van der Waals surface area contributed by atoms with E-state index in [4.69, 9.17) is 0 Å². The largest absolute Gasteiger partial charge is 0.642 e. The van der Waals surface area contributed by atoms with Crippen molar-refractivity contribution in [2.24, 2.45) is 0 Å². The summed E-state index contributed by atoms with van der Waals surface area (Å²) in [6, 6.07) is 13.7. The van der Waals surface area contributed by atoms with Gasteiger partial charge in [-0.2, -0.15) is 4.67 Å². The Kier molecular flexibility index (Phi) is 3.52. The summed E-state index contributed by atoms with van der Waals surface area (Å²) in [6.07, 6.45) is 1.90. The van der Waals surface area contributed by atoms with Crippen molar-refractivity contribution in [2.45, 2.75) is 18.9 Å². The van der Waals surface area contributed by atoms with E-state index in [2.05, 4.69) is 0 Å². The van der Waals surface area contributed by atoms with E-state index >= 15 is 0 Å². The Morgan fingerprint density at radius 3 is 2.65 bits per heavy atom. The molecule has 0 saturated carbocycles. The van der Waals surface area contributed by atoms with Crippen molar-refractivity contribution < 1.29 is 14.4 Å². The van der Waals surface area contributed by atoms with Gasteiger partial charge in [-0.1, -0.05) is 24.3 Å². The topological polar surface area (TPSA) is 49.8 Å². The van der Waals surface area contributed by atoms with Crippen molar-refractivity contribution in [3.05, 3.63) is 54.3 Å². The third-order valence-corrected chi connectivity index (χ3v) is 8.01. The molecule has 1 unspecified atom stereocenters. The van der Waals surface area contributed by atoms with Crippen molar-refractivity contribution >= 4 is 18.8 Å². The number of nitrogens with zero attached hydrogens (tertiary/aromatic N) is 2. The Hall–Kier alpha value is -1.68. The molecule has 0 spiro atoms. The molecule has 2 aromatic rings. The van der Waals surface area contributed by atoms with E-state index in [-0.39, 0.29) is 17.1 Å². The molecule has 6 heteroatoms. The van der Waals surface area contributed by atoms with E-state index in [9.17, 15) is 14.4 Å². The number of fused-ring (bicyclic) bond motifs is 1. The van der Waals surface area contributed by atoms with Gasteiger partial charge in [-0.15, -0.1) is 0 Å². The summed E-state index contributed by atoms with van der Waals surface area (Å²) in [5, 5.41) is 10.2. The minimum Gasteiger partial charge on any atom is -0.642 e. The summed E-state index contributed by atoms with van der Waals surface area (Å²) in [7, 11) is -3.39. The molecule has 4 nitrogen and oxygen atoms in total. The number of rotatable bonds is 2. The van der Waals surface area contributed by atoms with Gasteiger partial charge in [0.05, 0.1) is 18.3 Å². The molecule has 1 N–H and O–H groups in total. The summed E-state index contributed by atoms with van der Waals surface area (Å²) in [5.41, 5.74) is 0.799. The highest BCUT2D eigenvalue weighted by Crippen LogP contribution is 2.66. The number of halogens is 1. The SMILES string of the molecule is [O-][P+]1(c2c(O)cccc2F)N(c2ccccc2)C[C@@H]2CCCN21. The maximum Gasteiger partial charge on any atom is 0.206 e. The van der Waals surface area contributed by atoms with Gasteiger partial charge >= 0.3 is 0 Å². The molecule has 2 heterocycles. The number of para-hydroxylation sites is 1. The highest BCUT2D eigenvalue weighted by atomic mass is 31.2. The number of anilines is 1. The predicted molar refractivity (Wildman–Crippen MR) is 88.1 cm³/mol. The van der Waals surface area contributed by atoms with Crippen LogP contribution in [0.3, 0.4) is 0 Å². The third-order valence-electron chi connectivity index (χ3n) is 4.72. The van der Waals surface area contributed by atoms with Gasteiger partial charge in [0.2, 0.25) is 5.30 Å². The van der Waals surface area contributed by atoms with Crippen LogP contribution in [0.4, 0.5) is 10.1 Å². The highest BCUT2D eigenvalue weighted by molar-refractivity contribution is 7.76. The molecular formula is C17H18FN2O2P. The summed E-state index contributed by atoms with van der Waals surface area (Å²) in [4.78, 5) is 14.1. The Balaban J connectivity index is 1.90. The molecule has 2 aliphatic heterocycles.